The predicted octanol–water partition coefficient (Wildman–Crippen LogP) is 1.96. The van der Waals surface area contributed by atoms with Crippen LogP contribution in [0.1, 0.15) is 5.69 Å². The van der Waals surface area contributed by atoms with E-state index < -0.39 is 0 Å². The summed E-state index contributed by atoms with van der Waals surface area (Å²) in [5.74, 6) is 0.788. The summed E-state index contributed by atoms with van der Waals surface area (Å²) in [5, 5.41) is 9.16. The van der Waals surface area contributed by atoms with Crippen molar-refractivity contribution in [1.82, 2.24) is 4.98 Å². The molecule has 1 N–H and O–H groups in total. The lowest BCUT2D eigenvalue weighted by molar-refractivity contribution is 0.299. The number of oxazole rings is 1. The van der Waals surface area contributed by atoms with E-state index in [1.807, 2.05) is 0 Å². The zero-order chi connectivity index (χ0) is 9.80. The number of rotatable bonds is 3. The second-order valence-electron chi connectivity index (χ2n) is 2.77. The number of hydrogen-bond acceptors (Lipinski definition) is 4. The summed E-state index contributed by atoms with van der Waals surface area (Å²) in [4.78, 5) is 3.90. The van der Waals surface area contributed by atoms with Crippen LogP contribution in [-0.4, -0.2) is 10.1 Å². The number of aromatic nitrogens is 1. The van der Waals surface area contributed by atoms with Crippen LogP contribution in [0, 0.1) is 0 Å². The molecule has 0 unspecified atom stereocenters. The van der Waals surface area contributed by atoms with Crippen molar-refractivity contribution in [3.63, 3.8) is 0 Å². The third-order valence-corrected chi connectivity index (χ3v) is 1.69. The molecular weight excluding hydrogens is 182 g/mol. The number of phenols is 1. The van der Waals surface area contributed by atoms with Gasteiger partial charge in [0.1, 0.15) is 30.1 Å². The van der Waals surface area contributed by atoms with Crippen LogP contribution >= 0.6 is 0 Å². The Balaban J connectivity index is 1.98. The molecule has 0 aliphatic heterocycles. The number of phenolic OH excluding ortho intramolecular Hbond substituents is 1. The summed E-state index contributed by atoms with van der Waals surface area (Å²) in [6.07, 6.45) is 2.87. The zero-order valence-electron chi connectivity index (χ0n) is 7.38. The zero-order valence-corrected chi connectivity index (χ0v) is 7.38. The van der Waals surface area contributed by atoms with Crippen LogP contribution in [-0.2, 0) is 6.61 Å². The molecule has 0 atom stereocenters. The Hall–Kier alpha value is -1.97. The predicted molar refractivity (Wildman–Crippen MR) is 48.9 cm³/mol. The third-order valence-electron chi connectivity index (χ3n) is 1.69. The fourth-order valence-electron chi connectivity index (χ4n) is 1.04. The first-order chi connectivity index (χ1) is 6.84. The van der Waals surface area contributed by atoms with Gasteiger partial charge < -0.3 is 14.3 Å². The van der Waals surface area contributed by atoms with Crippen LogP contribution in [0.15, 0.2) is 41.3 Å². The van der Waals surface area contributed by atoms with E-state index in [0.717, 1.165) is 0 Å². The Morgan fingerprint density at radius 2 is 2.36 bits per heavy atom. The van der Waals surface area contributed by atoms with Crippen LogP contribution in [0.2, 0.25) is 0 Å². The van der Waals surface area contributed by atoms with Crippen LogP contribution < -0.4 is 4.74 Å². The van der Waals surface area contributed by atoms with E-state index in [1.54, 1.807) is 24.3 Å². The van der Waals surface area contributed by atoms with Gasteiger partial charge in [-0.25, -0.2) is 4.98 Å². The molecule has 4 nitrogen and oxygen atoms in total. The molecule has 4 heteroatoms. The SMILES string of the molecule is Oc1cccc(OCc2cocn2)c1. The van der Waals surface area contributed by atoms with E-state index in [2.05, 4.69) is 4.98 Å². The van der Waals surface area contributed by atoms with Crippen molar-refractivity contribution in [3.8, 4) is 11.5 Å². The highest BCUT2D eigenvalue weighted by Gasteiger charge is 1.98. The van der Waals surface area contributed by atoms with Crippen LogP contribution in [0.3, 0.4) is 0 Å². The van der Waals surface area contributed by atoms with Gasteiger partial charge in [-0.3, -0.25) is 0 Å². The summed E-state index contributed by atoms with van der Waals surface area (Å²) in [6, 6.07) is 6.61. The normalized spacial score (nSPS) is 10.0. The minimum atomic E-state index is 0.183. The highest BCUT2D eigenvalue weighted by Crippen LogP contribution is 2.18. The molecule has 0 saturated carbocycles. The molecule has 0 aliphatic rings. The lowest BCUT2D eigenvalue weighted by Gasteiger charge is -2.03. The smallest absolute Gasteiger partial charge is 0.180 e. The van der Waals surface area contributed by atoms with Gasteiger partial charge >= 0.3 is 0 Å². The molecule has 0 radical (unpaired) electrons. The minimum Gasteiger partial charge on any atom is -0.508 e. The Bertz CT molecular complexity index is 398. The maximum atomic E-state index is 9.16. The summed E-state index contributed by atoms with van der Waals surface area (Å²) >= 11 is 0. The van der Waals surface area contributed by atoms with E-state index >= 15 is 0 Å². The highest BCUT2D eigenvalue weighted by atomic mass is 16.5. The van der Waals surface area contributed by atoms with Gasteiger partial charge in [0.25, 0.3) is 0 Å². The second kappa shape index (κ2) is 3.83. The molecule has 1 aromatic heterocycles. The molecule has 14 heavy (non-hydrogen) atoms. The number of nitrogens with zero attached hydrogens (tertiary/aromatic N) is 1. The molecule has 0 bridgehead atoms. The van der Waals surface area contributed by atoms with Crippen molar-refractivity contribution in [2.24, 2.45) is 0 Å². The average Bonchev–Trinajstić information content (AvgIpc) is 2.67. The van der Waals surface area contributed by atoms with Crippen molar-refractivity contribution < 1.29 is 14.3 Å². The van der Waals surface area contributed by atoms with Gasteiger partial charge in [0, 0.05) is 6.07 Å². The monoisotopic (exact) mass is 191 g/mol. The van der Waals surface area contributed by atoms with Gasteiger partial charge in [-0.15, -0.1) is 0 Å². The lowest BCUT2D eigenvalue weighted by atomic mass is 10.3. The number of ether oxygens (including phenoxy) is 1. The van der Waals surface area contributed by atoms with Crippen molar-refractivity contribution in [3.05, 3.63) is 42.6 Å². The maximum absolute atomic E-state index is 9.16. The quantitative estimate of drug-likeness (QED) is 0.805. The van der Waals surface area contributed by atoms with E-state index in [-0.39, 0.29) is 5.75 Å². The fourth-order valence-corrected chi connectivity index (χ4v) is 1.04. The summed E-state index contributed by atoms with van der Waals surface area (Å²) in [7, 11) is 0. The molecule has 2 aromatic rings. The first-order valence-corrected chi connectivity index (χ1v) is 4.13. The van der Waals surface area contributed by atoms with Crippen molar-refractivity contribution in [2.45, 2.75) is 6.61 Å². The molecule has 0 saturated heterocycles. The van der Waals surface area contributed by atoms with Crippen molar-refractivity contribution in [2.75, 3.05) is 0 Å². The van der Waals surface area contributed by atoms with Crippen LogP contribution in [0.4, 0.5) is 0 Å². The van der Waals surface area contributed by atoms with Crippen LogP contribution in [0.5, 0.6) is 11.5 Å². The minimum absolute atomic E-state index is 0.183. The first kappa shape index (κ1) is 8.62. The summed E-state index contributed by atoms with van der Waals surface area (Å²) in [6.45, 7) is 0.333. The molecule has 72 valence electrons. The second-order valence-corrected chi connectivity index (χ2v) is 2.77. The van der Waals surface area contributed by atoms with Gasteiger partial charge in [0.15, 0.2) is 6.39 Å². The maximum Gasteiger partial charge on any atom is 0.180 e. The summed E-state index contributed by atoms with van der Waals surface area (Å²) < 4.78 is 10.1. The molecule has 1 aromatic carbocycles. The van der Waals surface area contributed by atoms with Gasteiger partial charge in [-0.05, 0) is 12.1 Å². The molecule has 0 spiro atoms. The van der Waals surface area contributed by atoms with Gasteiger partial charge in [-0.2, -0.15) is 0 Å². The standard InChI is InChI=1S/C10H9NO3/c12-9-2-1-3-10(4-9)14-6-8-5-13-7-11-8/h1-5,7,12H,6H2. The Labute approximate surface area is 80.8 Å². The topological polar surface area (TPSA) is 55.5 Å². The lowest BCUT2D eigenvalue weighted by Crippen LogP contribution is -1.94. The number of benzene rings is 1. The molecule has 1 heterocycles. The molecule has 0 fully saturated rings. The fraction of sp³-hybridized carbons (Fsp3) is 0.100. The van der Waals surface area contributed by atoms with Crippen LogP contribution in [0.25, 0.3) is 0 Å². The van der Waals surface area contributed by atoms with Gasteiger partial charge in [0.05, 0.1) is 0 Å². The number of aromatic hydroxyl groups is 1. The van der Waals surface area contributed by atoms with E-state index in [0.29, 0.717) is 18.1 Å². The Morgan fingerprint density at radius 3 is 3.07 bits per heavy atom. The largest absolute Gasteiger partial charge is 0.508 e. The Kier molecular flexibility index (Phi) is 2.36. The van der Waals surface area contributed by atoms with E-state index in [9.17, 15) is 0 Å². The molecule has 0 amide bonds. The first-order valence-electron chi connectivity index (χ1n) is 4.13. The molecule has 0 aliphatic carbocycles. The summed E-state index contributed by atoms with van der Waals surface area (Å²) in [5.41, 5.74) is 0.716. The number of hydrogen-bond donors (Lipinski definition) is 1. The van der Waals surface area contributed by atoms with Crippen molar-refractivity contribution >= 4 is 0 Å². The van der Waals surface area contributed by atoms with Gasteiger partial charge in [-0.1, -0.05) is 6.07 Å². The van der Waals surface area contributed by atoms with Crippen molar-refractivity contribution in [1.29, 1.82) is 0 Å². The molecular formula is C10H9NO3. The Morgan fingerprint density at radius 1 is 1.43 bits per heavy atom. The van der Waals surface area contributed by atoms with Gasteiger partial charge in [0.2, 0.25) is 0 Å². The average molecular weight is 191 g/mol. The third kappa shape index (κ3) is 2.04. The van der Waals surface area contributed by atoms with E-state index in [4.69, 9.17) is 14.3 Å². The highest BCUT2D eigenvalue weighted by molar-refractivity contribution is 5.31. The molecule has 2 rings (SSSR count). The van der Waals surface area contributed by atoms with E-state index in [1.165, 1.54) is 12.7 Å².